The first-order valence-corrected chi connectivity index (χ1v) is 6.20. The van der Waals surface area contributed by atoms with E-state index in [1.54, 1.807) is 12.4 Å². The molecule has 1 aromatic heterocycles. The van der Waals surface area contributed by atoms with Crippen LogP contribution >= 0.6 is 11.6 Å². The molecule has 1 nitrogen and oxygen atoms in total. The lowest BCUT2D eigenvalue weighted by molar-refractivity contribution is 0.992. The van der Waals surface area contributed by atoms with Gasteiger partial charge in [0.1, 0.15) is 0 Å². The number of halogens is 1. The molecule has 0 bridgehead atoms. The number of pyridine rings is 1. The average Bonchev–Trinajstić information content (AvgIpc) is 2.49. The van der Waals surface area contributed by atoms with Crippen LogP contribution in [0.15, 0.2) is 54.4 Å². The van der Waals surface area contributed by atoms with Gasteiger partial charge in [-0.3, -0.25) is 4.98 Å². The number of aromatic nitrogens is 1. The van der Waals surface area contributed by atoms with Crippen molar-refractivity contribution in [2.24, 2.45) is 0 Å². The number of allylic oxidation sites excluding steroid dienone is 6. The number of rotatable bonds is 2. The van der Waals surface area contributed by atoms with Crippen LogP contribution in [0.2, 0.25) is 0 Å². The van der Waals surface area contributed by atoms with E-state index in [9.17, 15) is 0 Å². The molecule has 1 aromatic rings. The molecule has 1 aliphatic rings. The third kappa shape index (κ3) is 3.07. The highest BCUT2D eigenvalue weighted by molar-refractivity contribution is 6.27. The Morgan fingerprint density at radius 3 is 2.65 bits per heavy atom. The second kappa shape index (κ2) is 4.89. The molecule has 1 heterocycles. The summed E-state index contributed by atoms with van der Waals surface area (Å²) < 4.78 is 0. The zero-order valence-electron chi connectivity index (χ0n) is 10.2. The molecule has 0 radical (unpaired) electrons. The highest BCUT2D eigenvalue weighted by Gasteiger charge is 2.17. The van der Waals surface area contributed by atoms with Crippen LogP contribution < -0.4 is 0 Å². The van der Waals surface area contributed by atoms with Crippen molar-refractivity contribution < 1.29 is 0 Å². The fraction of sp³-hybridized carbons (Fsp3) is 0.267. The van der Waals surface area contributed by atoms with E-state index in [-0.39, 0.29) is 0 Å². The van der Waals surface area contributed by atoms with E-state index in [1.807, 2.05) is 25.1 Å². The summed E-state index contributed by atoms with van der Waals surface area (Å²) in [4.78, 5) is 3.62. The first-order chi connectivity index (χ1) is 8.11. The summed E-state index contributed by atoms with van der Waals surface area (Å²) in [5, 5.41) is 0. The van der Waals surface area contributed by atoms with E-state index in [4.69, 9.17) is 11.6 Å². The van der Waals surface area contributed by atoms with Crippen LogP contribution in [0.25, 0.3) is 5.57 Å². The predicted octanol–water partition coefficient (Wildman–Crippen LogP) is 4.37. The van der Waals surface area contributed by atoms with Crippen molar-refractivity contribution in [2.75, 3.05) is 0 Å². The van der Waals surface area contributed by atoms with Gasteiger partial charge < -0.3 is 0 Å². The fourth-order valence-corrected chi connectivity index (χ4v) is 2.02. The number of nitrogens with zero attached hydrogens (tertiary/aromatic N) is 1. The molecule has 0 fully saturated rings. The zero-order valence-corrected chi connectivity index (χ0v) is 10.9. The van der Waals surface area contributed by atoms with E-state index >= 15 is 0 Å². The molecule has 1 unspecified atom stereocenters. The van der Waals surface area contributed by atoms with Gasteiger partial charge in [-0.25, -0.2) is 0 Å². The molecule has 88 valence electrons. The zero-order chi connectivity index (χ0) is 12.3. The van der Waals surface area contributed by atoms with Crippen molar-refractivity contribution in [1.82, 2.24) is 4.98 Å². The Bertz CT molecular complexity index is 481. The predicted molar refractivity (Wildman–Crippen MR) is 74.0 cm³/mol. The van der Waals surface area contributed by atoms with Gasteiger partial charge in [0, 0.05) is 12.4 Å². The topological polar surface area (TPSA) is 12.9 Å². The van der Waals surface area contributed by atoms with E-state index in [2.05, 4.69) is 30.1 Å². The summed E-state index contributed by atoms with van der Waals surface area (Å²) in [7, 11) is 0. The van der Waals surface area contributed by atoms with E-state index in [1.165, 1.54) is 5.57 Å². The highest BCUT2D eigenvalue weighted by atomic mass is 35.5. The van der Waals surface area contributed by atoms with Crippen LogP contribution in [0.4, 0.5) is 0 Å². The van der Waals surface area contributed by atoms with E-state index in [0.29, 0.717) is 0 Å². The van der Waals surface area contributed by atoms with Gasteiger partial charge in [-0.2, -0.15) is 0 Å². The van der Waals surface area contributed by atoms with Gasteiger partial charge in [-0.05, 0) is 42.2 Å². The Kier molecular flexibility index (Phi) is 3.49. The first kappa shape index (κ1) is 12.1. The summed E-state index contributed by atoms with van der Waals surface area (Å²) in [5.41, 5.74) is 3.60. The summed E-state index contributed by atoms with van der Waals surface area (Å²) in [6, 6.07) is 4.02. The lowest BCUT2D eigenvalue weighted by atomic mass is 10.0. The molecule has 2 heteroatoms. The molecule has 17 heavy (non-hydrogen) atoms. The molecular weight excluding hydrogens is 230 g/mol. The maximum Gasteiger partial charge on any atom is 0.0790 e. The van der Waals surface area contributed by atoms with E-state index in [0.717, 1.165) is 17.6 Å². The van der Waals surface area contributed by atoms with Crippen molar-refractivity contribution in [2.45, 2.75) is 25.1 Å². The van der Waals surface area contributed by atoms with Crippen molar-refractivity contribution in [3.05, 3.63) is 60.0 Å². The minimum atomic E-state index is -0.425. The van der Waals surface area contributed by atoms with Crippen LogP contribution in [-0.2, 0) is 0 Å². The standard InChI is InChI=1S/C15H16ClN/c1-3-12-4-7-15(2,16)11-14(10-12)13-5-8-17-9-6-13/h4-11H,3H2,1-2H3. The highest BCUT2D eigenvalue weighted by Crippen LogP contribution is 2.30. The van der Waals surface area contributed by atoms with Crippen molar-refractivity contribution in [1.29, 1.82) is 0 Å². The summed E-state index contributed by atoms with van der Waals surface area (Å²) >= 11 is 6.43. The molecule has 0 N–H and O–H groups in total. The Morgan fingerprint density at radius 1 is 1.29 bits per heavy atom. The summed E-state index contributed by atoms with van der Waals surface area (Å²) in [6.45, 7) is 4.15. The molecule has 1 atom stereocenters. The lowest BCUT2D eigenvalue weighted by Crippen LogP contribution is -2.07. The van der Waals surface area contributed by atoms with Gasteiger partial charge in [0.25, 0.3) is 0 Å². The van der Waals surface area contributed by atoms with Crippen molar-refractivity contribution in [3.8, 4) is 0 Å². The second-order valence-corrected chi connectivity index (χ2v) is 5.21. The third-order valence-electron chi connectivity index (χ3n) is 2.82. The van der Waals surface area contributed by atoms with Crippen LogP contribution in [0.1, 0.15) is 25.8 Å². The van der Waals surface area contributed by atoms with Crippen molar-refractivity contribution >= 4 is 17.2 Å². The number of alkyl halides is 1. The molecule has 0 saturated carbocycles. The van der Waals surface area contributed by atoms with E-state index < -0.39 is 4.87 Å². The monoisotopic (exact) mass is 245 g/mol. The quantitative estimate of drug-likeness (QED) is 0.705. The van der Waals surface area contributed by atoms with Crippen LogP contribution in [0, 0.1) is 0 Å². The molecule has 0 saturated heterocycles. The molecular formula is C15H16ClN. The number of hydrogen-bond donors (Lipinski definition) is 0. The number of hydrogen-bond acceptors (Lipinski definition) is 1. The minimum Gasteiger partial charge on any atom is -0.265 e. The van der Waals surface area contributed by atoms with Gasteiger partial charge in [0.2, 0.25) is 0 Å². The third-order valence-corrected chi connectivity index (χ3v) is 3.06. The Hall–Kier alpha value is -1.34. The Balaban J connectivity index is 2.47. The maximum absolute atomic E-state index is 6.43. The molecule has 1 aliphatic carbocycles. The van der Waals surface area contributed by atoms with Crippen LogP contribution in [-0.4, -0.2) is 9.86 Å². The van der Waals surface area contributed by atoms with Crippen LogP contribution in [0.3, 0.4) is 0 Å². The van der Waals surface area contributed by atoms with Gasteiger partial charge >= 0.3 is 0 Å². The van der Waals surface area contributed by atoms with Gasteiger partial charge in [0.05, 0.1) is 4.87 Å². The molecule has 2 rings (SSSR count). The minimum absolute atomic E-state index is 0.425. The lowest BCUT2D eigenvalue weighted by Gasteiger charge is -2.12. The Labute approximate surface area is 108 Å². The van der Waals surface area contributed by atoms with Gasteiger partial charge in [-0.1, -0.05) is 31.2 Å². The summed E-state index contributed by atoms with van der Waals surface area (Å²) in [6.07, 6.45) is 13.0. The second-order valence-electron chi connectivity index (χ2n) is 4.39. The molecule has 0 aliphatic heterocycles. The largest absolute Gasteiger partial charge is 0.265 e. The maximum atomic E-state index is 6.43. The normalized spacial score (nSPS) is 23.9. The first-order valence-electron chi connectivity index (χ1n) is 5.83. The van der Waals surface area contributed by atoms with Gasteiger partial charge in [-0.15, -0.1) is 11.6 Å². The SMILES string of the molecule is CCC1=CC(c2ccncc2)=CC(C)(Cl)C=C1. The fourth-order valence-electron chi connectivity index (χ4n) is 1.84. The van der Waals surface area contributed by atoms with Crippen LogP contribution in [0.5, 0.6) is 0 Å². The van der Waals surface area contributed by atoms with Gasteiger partial charge in [0.15, 0.2) is 0 Å². The summed E-state index contributed by atoms with van der Waals surface area (Å²) in [5.74, 6) is 0. The average molecular weight is 246 g/mol. The molecule has 0 amide bonds. The Morgan fingerprint density at radius 2 is 2.00 bits per heavy atom. The molecule has 0 spiro atoms. The molecule has 0 aromatic carbocycles. The smallest absolute Gasteiger partial charge is 0.0790 e. The van der Waals surface area contributed by atoms with Crippen molar-refractivity contribution in [3.63, 3.8) is 0 Å².